The quantitative estimate of drug-likeness (QED) is 0.532. The standard InChI is InChI=1S/C14H19N7.C4H8O.HI.H2/c1-9-6-20(10(2)5-15-9)11-4-12-18-17-8-21(12)14-13(11)16-7-19(14)3;1-2-4-5-3-1;;/h4,7-10,15H,5-6H2,1-3H3;1-4H2;2*1H/t9-,10+;;;/m1.../s1. The van der Waals surface area contributed by atoms with Gasteiger partial charge >= 0.3 is 0 Å². The zero-order valence-corrected chi connectivity index (χ0v) is 18.5. The molecule has 0 amide bonds. The van der Waals surface area contributed by atoms with Crippen LogP contribution < -0.4 is 10.2 Å². The highest BCUT2D eigenvalue weighted by molar-refractivity contribution is 14.0. The lowest BCUT2D eigenvalue weighted by Crippen LogP contribution is -2.54. The SMILES string of the molecule is C1CCOC1.C[C@@H]1CN(c2cc3nncn3c3c2ncn3C)[C@@H](C)CN1.I.[HH]. The first-order valence-corrected chi connectivity index (χ1v) is 9.36. The highest BCUT2D eigenvalue weighted by Crippen LogP contribution is 2.29. The molecule has 27 heavy (non-hydrogen) atoms. The average molecular weight is 487 g/mol. The molecule has 150 valence electrons. The monoisotopic (exact) mass is 487 g/mol. The van der Waals surface area contributed by atoms with E-state index in [0.717, 1.165) is 48.8 Å². The van der Waals surface area contributed by atoms with Gasteiger partial charge in [-0.05, 0) is 26.7 Å². The molecule has 2 fully saturated rings. The van der Waals surface area contributed by atoms with Crippen molar-refractivity contribution in [2.24, 2.45) is 7.05 Å². The van der Waals surface area contributed by atoms with E-state index in [1.54, 1.807) is 6.33 Å². The summed E-state index contributed by atoms with van der Waals surface area (Å²) >= 11 is 0. The molecule has 0 unspecified atom stereocenters. The first-order chi connectivity index (χ1) is 12.6. The number of aryl methyl sites for hydroxylation is 1. The molecule has 0 saturated carbocycles. The molecule has 2 atom stereocenters. The van der Waals surface area contributed by atoms with Crippen molar-refractivity contribution in [1.29, 1.82) is 0 Å². The number of pyridine rings is 1. The molecule has 0 aliphatic carbocycles. The number of nitrogens with zero attached hydrogens (tertiary/aromatic N) is 6. The number of hydrogen-bond acceptors (Lipinski definition) is 6. The molecule has 0 radical (unpaired) electrons. The van der Waals surface area contributed by atoms with Crippen molar-refractivity contribution in [1.82, 2.24) is 29.5 Å². The summed E-state index contributed by atoms with van der Waals surface area (Å²) < 4.78 is 8.95. The Morgan fingerprint density at radius 2 is 2.00 bits per heavy atom. The molecule has 0 spiro atoms. The number of fused-ring (bicyclic) bond motifs is 3. The van der Waals surface area contributed by atoms with Gasteiger partial charge < -0.3 is 19.5 Å². The van der Waals surface area contributed by atoms with Gasteiger partial charge in [-0.2, -0.15) is 0 Å². The van der Waals surface area contributed by atoms with Crippen molar-refractivity contribution in [2.45, 2.75) is 38.8 Å². The second-order valence-corrected chi connectivity index (χ2v) is 7.25. The van der Waals surface area contributed by atoms with Gasteiger partial charge in [-0.25, -0.2) is 4.98 Å². The van der Waals surface area contributed by atoms with E-state index in [4.69, 9.17) is 4.74 Å². The van der Waals surface area contributed by atoms with E-state index in [2.05, 4.69) is 45.3 Å². The zero-order chi connectivity index (χ0) is 18.1. The number of piperazine rings is 1. The van der Waals surface area contributed by atoms with E-state index < -0.39 is 0 Å². The first kappa shape index (κ1) is 20.3. The third-order valence-corrected chi connectivity index (χ3v) is 5.12. The van der Waals surface area contributed by atoms with Crippen LogP contribution >= 0.6 is 24.0 Å². The maximum atomic E-state index is 4.94. The third-order valence-electron chi connectivity index (χ3n) is 5.12. The van der Waals surface area contributed by atoms with Gasteiger partial charge in [0.05, 0.1) is 12.0 Å². The van der Waals surface area contributed by atoms with Crippen molar-refractivity contribution in [2.75, 3.05) is 31.2 Å². The summed E-state index contributed by atoms with van der Waals surface area (Å²) in [4.78, 5) is 7.03. The minimum absolute atomic E-state index is 0. The van der Waals surface area contributed by atoms with E-state index in [0.29, 0.717) is 12.1 Å². The Morgan fingerprint density at radius 1 is 1.22 bits per heavy atom. The van der Waals surface area contributed by atoms with E-state index in [9.17, 15) is 0 Å². The van der Waals surface area contributed by atoms with Gasteiger partial charge in [0, 0.05) is 52.9 Å². The molecule has 8 nitrogen and oxygen atoms in total. The Morgan fingerprint density at radius 3 is 2.70 bits per heavy atom. The van der Waals surface area contributed by atoms with Crippen LogP contribution in [0, 0.1) is 0 Å². The van der Waals surface area contributed by atoms with E-state index >= 15 is 0 Å². The largest absolute Gasteiger partial charge is 0.381 e. The van der Waals surface area contributed by atoms with Crippen LogP contribution in [0.4, 0.5) is 5.69 Å². The molecule has 2 saturated heterocycles. The highest BCUT2D eigenvalue weighted by Gasteiger charge is 2.26. The number of anilines is 1. The molecule has 1 N–H and O–H groups in total. The second kappa shape index (κ2) is 8.70. The van der Waals surface area contributed by atoms with Crippen LogP contribution in [0.3, 0.4) is 0 Å². The zero-order valence-electron chi connectivity index (χ0n) is 16.1. The Bertz CT molecular complexity index is 887. The number of ether oxygens (including phenoxy) is 1. The lowest BCUT2D eigenvalue weighted by Gasteiger charge is -2.39. The third kappa shape index (κ3) is 4.04. The normalized spacial score (nSPS) is 22.6. The van der Waals surface area contributed by atoms with Crippen LogP contribution in [0.2, 0.25) is 0 Å². The first-order valence-electron chi connectivity index (χ1n) is 9.36. The minimum atomic E-state index is 0. The van der Waals surface area contributed by atoms with Crippen LogP contribution in [0.25, 0.3) is 16.8 Å². The fraction of sp³-hybridized carbons (Fsp3) is 0.611. The number of hydrogen-bond donors (Lipinski definition) is 1. The van der Waals surface area contributed by atoms with Gasteiger partial charge in [0.25, 0.3) is 0 Å². The Hall–Kier alpha value is -1.46. The van der Waals surface area contributed by atoms with Gasteiger partial charge in [0.15, 0.2) is 5.65 Å². The summed E-state index contributed by atoms with van der Waals surface area (Å²) in [6.45, 7) is 8.40. The van der Waals surface area contributed by atoms with Crippen molar-refractivity contribution in [3.8, 4) is 0 Å². The lowest BCUT2D eigenvalue weighted by molar-refractivity contribution is 0.198. The fourth-order valence-electron chi connectivity index (χ4n) is 3.67. The highest BCUT2D eigenvalue weighted by atomic mass is 127. The number of rotatable bonds is 1. The molecule has 9 heteroatoms. The predicted molar refractivity (Wildman–Crippen MR) is 119 cm³/mol. The maximum Gasteiger partial charge on any atom is 0.164 e. The van der Waals surface area contributed by atoms with Gasteiger partial charge in [0.2, 0.25) is 0 Å². The smallest absolute Gasteiger partial charge is 0.164 e. The summed E-state index contributed by atoms with van der Waals surface area (Å²) in [7, 11) is 2.00. The van der Waals surface area contributed by atoms with Crippen LogP contribution in [-0.4, -0.2) is 62.5 Å². The molecule has 0 bridgehead atoms. The van der Waals surface area contributed by atoms with Gasteiger partial charge in [-0.3, -0.25) is 4.40 Å². The summed E-state index contributed by atoms with van der Waals surface area (Å²) in [5, 5.41) is 11.8. The van der Waals surface area contributed by atoms with Crippen molar-refractivity contribution in [3.63, 3.8) is 0 Å². The van der Waals surface area contributed by atoms with E-state index in [-0.39, 0.29) is 25.4 Å². The molecular formula is C18H30IN7O. The topological polar surface area (TPSA) is 72.5 Å². The number of imidazole rings is 1. The van der Waals surface area contributed by atoms with Crippen LogP contribution in [0.15, 0.2) is 18.7 Å². The molecule has 2 aliphatic rings. The van der Waals surface area contributed by atoms with Crippen molar-refractivity contribution >= 4 is 46.5 Å². The Kier molecular flexibility index (Phi) is 6.53. The number of nitrogens with one attached hydrogen (secondary N) is 1. The van der Waals surface area contributed by atoms with E-state index in [1.165, 1.54) is 12.8 Å². The number of aromatic nitrogens is 5. The average Bonchev–Trinajstić information content (AvgIpc) is 3.38. The summed E-state index contributed by atoms with van der Waals surface area (Å²) in [5.74, 6) is 0. The summed E-state index contributed by atoms with van der Waals surface area (Å²) in [5.41, 5.74) is 4.04. The van der Waals surface area contributed by atoms with Gasteiger partial charge in [-0.15, -0.1) is 34.2 Å². The molecule has 0 aromatic carbocycles. The molecule has 3 aromatic rings. The predicted octanol–water partition coefficient (Wildman–Crippen LogP) is 2.46. The Labute approximate surface area is 177 Å². The second-order valence-electron chi connectivity index (χ2n) is 7.25. The van der Waals surface area contributed by atoms with Crippen LogP contribution in [-0.2, 0) is 11.8 Å². The molecule has 2 aliphatic heterocycles. The summed E-state index contributed by atoms with van der Waals surface area (Å²) in [6.07, 6.45) is 6.15. The number of halogens is 1. The Balaban J connectivity index is 0.000000352. The van der Waals surface area contributed by atoms with Gasteiger partial charge in [0.1, 0.15) is 17.5 Å². The van der Waals surface area contributed by atoms with Crippen molar-refractivity contribution < 1.29 is 6.16 Å². The lowest BCUT2D eigenvalue weighted by atomic mass is 10.1. The van der Waals surface area contributed by atoms with Gasteiger partial charge in [-0.1, -0.05) is 0 Å². The minimum Gasteiger partial charge on any atom is -0.381 e. The molecule has 3 aromatic heterocycles. The van der Waals surface area contributed by atoms with Crippen LogP contribution in [0.5, 0.6) is 0 Å². The fourth-order valence-corrected chi connectivity index (χ4v) is 3.67. The summed E-state index contributed by atoms with van der Waals surface area (Å²) in [6, 6.07) is 2.99. The molecule has 5 heterocycles. The molecule has 5 rings (SSSR count). The van der Waals surface area contributed by atoms with E-state index in [1.807, 2.05) is 22.3 Å². The van der Waals surface area contributed by atoms with Crippen molar-refractivity contribution in [3.05, 3.63) is 18.7 Å². The van der Waals surface area contributed by atoms with Crippen LogP contribution in [0.1, 0.15) is 28.1 Å². The maximum absolute atomic E-state index is 4.94. The molecular weight excluding hydrogens is 457 g/mol.